The Balaban J connectivity index is 0.00000162. The second-order valence-corrected chi connectivity index (χ2v) is 3.99. The van der Waals surface area contributed by atoms with Crippen molar-refractivity contribution in [2.75, 3.05) is 25.1 Å². The number of ether oxygens (including phenoxy) is 1. The van der Waals surface area contributed by atoms with Gasteiger partial charge in [0.15, 0.2) is 0 Å². The fourth-order valence-electron chi connectivity index (χ4n) is 1.72. The largest absolute Gasteiger partial charge is 0.378 e. The zero-order valence-electron chi connectivity index (χ0n) is 9.82. The molecule has 0 aromatic heterocycles. The van der Waals surface area contributed by atoms with Crippen molar-refractivity contribution in [2.45, 2.75) is 12.5 Å². The Labute approximate surface area is 111 Å². The molecular formula is C12H16ClFN2O2. The maximum absolute atomic E-state index is 12.7. The van der Waals surface area contributed by atoms with Crippen molar-refractivity contribution >= 4 is 24.0 Å². The van der Waals surface area contributed by atoms with Crippen LogP contribution in [0.2, 0.25) is 0 Å². The number of hydrogen-bond acceptors (Lipinski definition) is 3. The van der Waals surface area contributed by atoms with Gasteiger partial charge in [-0.15, -0.1) is 12.4 Å². The molecule has 1 unspecified atom stereocenters. The Morgan fingerprint density at radius 1 is 1.44 bits per heavy atom. The van der Waals surface area contributed by atoms with E-state index < -0.39 is 0 Å². The minimum atomic E-state index is -0.314. The first-order chi connectivity index (χ1) is 8.24. The Morgan fingerprint density at radius 2 is 2.17 bits per heavy atom. The number of morpholine rings is 1. The van der Waals surface area contributed by atoms with Crippen molar-refractivity contribution in [2.24, 2.45) is 0 Å². The van der Waals surface area contributed by atoms with E-state index in [4.69, 9.17) is 4.74 Å². The van der Waals surface area contributed by atoms with Gasteiger partial charge < -0.3 is 15.4 Å². The molecule has 1 aliphatic heterocycles. The van der Waals surface area contributed by atoms with Gasteiger partial charge in [0, 0.05) is 24.7 Å². The third-order valence-electron chi connectivity index (χ3n) is 2.56. The molecular weight excluding hydrogens is 259 g/mol. The molecule has 0 saturated carbocycles. The molecule has 6 heteroatoms. The van der Waals surface area contributed by atoms with E-state index in [2.05, 4.69) is 10.6 Å². The molecule has 1 amide bonds. The highest BCUT2D eigenvalue weighted by molar-refractivity contribution is 5.91. The fraction of sp³-hybridized carbons (Fsp3) is 0.417. The van der Waals surface area contributed by atoms with E-state index in [1.54, 1.807) is 0 Å². The van der Waals surface area contributed by atoms with Crippen molar-refractivity contribution in [1.82, 2.24) is 5.32 Å². The highest BCUT2D eigenvalue weighted by Crippen LogP contribution is 2.09. The summed E-state index contributed by atoms with van der Waals surface area (Å²) < 4.78 is 17.9. The Morgan fingerprint density at radius 3 is 2.78 bits per heavy atom. The number of carbonyl (C=O) groups is 1. The maximum atomic E-state index is 12.7. The molecule has 1 heterocycles. The van der Waals surface area contributed by atoms with Gasteiger partial charge in [-0.3, -0.25) is 4.79 Å². The van der Waals surface area contributed by atoms with Crippen LogP contribution in [0.3, 0.4) is 0 Å². The topological polar surface area (TPSA) is 50.4 Å². The molecule has 100 valence electrons. The maximum Gasteiger partial charge on any atom is 0.226 e. The summed E-state index contributed by atoms with van der Waals surface area (Å²) in [6.07, 6.45) is 0.359. The Hall–Kier alpha value is -1.17. The van der Waals surface area contributed by atoms with E-state index in [1.165, 1.54) is 24.3 Å². The predicted molar refractivity (Wildman–Crippen MR) is 69.5 cm³/mol. The van der Waals surface area contributed by atoms with E-state index in [-0.39, 0.29) is 30.2 Å². The monoisotopic (exact) mass is 274 g/mol. The van der Waals surface area contributed by atoms with Crippen molar-refractivity contribution < 1.29 is 13.9 Å². The van der Waals surface area contributed by atoms with Crippen LogP contribution in [0.5, 0.6) is 0 Å². The molecule has 0 bridgehead atoms. The van der Waals surface area contributed by atoms with Crippen LogP contribution < -0.4 is 10.6 Å². The van der Waals surface area contributed by atoms with Crippen LogP contribution >= 0.6 is 12.4 Å². The lowest BCUT2D eigenvalue weighted by molar-refractivity contribution is -0.117. The Kier molecular flexibility index (Phi) is 6.04. The minimum Gasteiger partial charge on any atom is -0.378 e. The van der Waals surface area contributed by atoms with Crippen LogP contribution in [0.4, 0.5) is 10.1 Å². The first-order valence-electron chi connectivity index (χ1n) is 5.60. The van der Waals surface area contributed by atoms with E-state index in [0.717, 1.165) is 6.54 Å². The second kappa shape index (κ2) is 7.31. The molecule has 1 aromatic carbocycles. The number of amides is 1. The molecule has 0 aliphatic carbocycles. The zero-order valence-corrected chi connectivity index (χ0v) is 10.6. The van der Waals surface area contributed by atoms with Gasteiger partial charge in [0.2, 0.25) is 5.91 Å². The molecule has 1 aliphatic rings. The van der Waals surface area contributed by atoms with Crippen molar-refractivity contribution in [3.05, 3.63) is 30.1 Å². The highest BCUT2D eigenvalue weighted by atomic mass is 35.5. The molecule has 18 heavy (non-hydrogen) atoms. The molecule has 1 fully saturated rings. The van der Waals surface area contributed by atoms with Gasteiger partial charge in [-0.2, -0.15) is 0 Å². The summed E-state index contributed by atoms with van der Waals surface area (Å²) in [5.74, 6) is -0.412. The average molecular weight is 275 g/mol. The number of carbonyl (C=O) groups excluding carboxylic acids is 1. The third-order valence-corrected chi connectivity index (χ3v) is 2.56. The minimum absolute atomic E-state index is 0. The summed E-state index contributed by atoms with van der Waals surface area (Å²) in [6, 6.07) is 5.77. The van der Waals surface area contributed by atoms with Gasteiger partial charge in [-0.25, -0.2) is 4.39 Å². The zero-order chi connectivity index (χ0) is 12.1. The van der Waals surface area contributed by atoms with Crippen LogP contribution in [-0.2, 0) is 9.53 Å². The Bertz CT molecular complexity index is 380. The lowest BCUT2D eigenvalue weighted by Gasteiger charge is -2.23. The van der Waals surface area contributed by atoms with Gasteiger partial charge in [0.05, 0.1) is 13.2 Å². The van der Waals surface area contributed by atoms with Crippen LogP contribution in [0.1, 0.15) is 6.42 Å². The quantitative estimate of drug-likeness (QED) is 0.880. The molecule has 1 atom stereocenters. The molecule has 4 nitrogen and oxygen atoms in total. The second-order valence-electron chi connectivity index (χ2n) is 3.99. The molecule has 1 saturated heterocycles. The molecule has 1 aromatic rings. The van der Waals surface area contributed by atoms with E-state index in [1.807, 2.05) is 0 Å². The number of benzene rings is 1. The lowest BCUT2D eigenvalue weighted by Crippen LogP contribution is -2.43. The highest BCUT2D eigenvalue weighted by Gasteiger charge is 2.16. The number of rotatable bonds is 3. The standard InChI is InChI=1S/C12H15FN2O2.ClH/c13-9-1-3-10(4-2-9)15-12(16)7-11-8-17-6-5-14-11;/h1-4,11,14H,5-8H2,(H,15,16);1H. The normalized spacial score (nSPS) is 18.8. The number of nitrogens with one attached hydrogen (secondary N) is 2. The van der Waals surface area contributed by atoms with Gasteiger partial charge in [0.25, 0.3) is 0 Å². The summed E-state index contributed by atoms with van der Waals surface area (Å²) in [4.78, 5) is 11.7. The van der Waals surface area contributed by atoms with Gasteiger partial charge in [-0.1, -0.05) is 0 Å². The van der Waals surface area contributed by atoms with Gasteiger partial charge in [0.1, 0.15) is 5.82 Å². The smallest absolute Gasteiger partial charge is 0.226 e. The van der Waals surface area contributed by atoms with Gasteiger partial charge in [-0.05, 0) is 24.3 Å². The SMILES string of the molecule is Cl.O=C(CC1COCCN1)Nc1ccc(F)cc1. The summed E-state index contributed by atoms with van der Waals surface area (Å²) in [6.45, 7) is 2.02. The van der Waals surface area contributed by atoms with Crippen LogP contribution in [0.25, 0.3) is 0 Å². The summed E-state index contributed by atoms with van der Waals surface area (Å²) in [5.41, 5.74) is 0.605. The lowest BCUT2D eigenvalue weighted by atomic mass is 10.2. The fourth-order valence-corrected chi connectivity index (χ4v) is 1.72. The average Bonchev–Trinajstić information content (AvgIpc) is 2.33. The van der Waals surface area contributed by atoms with Crippen molar-refractivity contribution in [1.29, 1.82) is 0 Å². The van der Waals surface area contributed by atoms with Crippen LogP contribution in [0, 0.1) is 5.82 Å². The first kappa shape index (κ1) is 14.9. The predicted octanol–water partition coefficient (Wildman–Crippen LogP) is 1.56. The molecule has 2 rings (SSSR count). The third kappa shape index (κ3) is 4.60. The van der Waals surface area contributed by atoms with Gasteiger partial charge >= 0.3 is 0 Å². The van der Waals surface area contributed by atoms with Crippen LogP contribution in [-0.4, -0.2) is 31.7 Å². The molecule has 2 N–H and O–H groups in total. The summed E-state index contributed by atoms with van der Waals surface area (Å²) >= 11 is 0. The number of halogens is 2. The van der Waals surface area contributed by atoms with Crippen LogP contribution in [0.15, 0.2) is 24.3 Å². The molecule has 0 radical (unpaired) electrons. The van der Waals surface area contributed by atoms with E-state index in [0.29, 0.717) is 25.3 Å². The summed E-state index contributed by atoms with van der Waals surface area (Å²) in [7, 11) is 0. The number of anilines is 1. The van der Waals surface area contributed by atoms with E-state index >= 15 is 0 Å². The summed E-state index contributed by atoms with van der Waals surface area (Å²) in [5, 5.41) is 5.91. The first-order valence-corrected chi connectivity index (χ1v) is 5.60. The van der Waals surface area contributed by atoms with Crippen molar-refractivity contribution in [3.8, 4) is 0 Å². The molecule has 0 spiro atoms. The number of hydrogen-bond donors (Lipinski definition) is 2. The van der Waals surface area contributed by atoms with E-state index in [9.17, 15) is 9.18 Å². The van der Waals surface area contributed by atoms with Crippen molar-refractivity contribution in [3.63, 3.8) is 0 Å².